The molecule has 2 N–H and O–H groups in total. The third-order valence-electron chi connectivity index (χ3n) is 3.73. The lowest BCUT2D eigenvalue weighted by Gasteiger charge is -2.14. The molecule has 0 aliphatic heterocycles. The van der Waals surface area contributed by atoms with Gasteiger partial charge in [-0.25, -0.2) is 0 Å². The zero-order chi connectivity index (χ0) is 15.8. The number of rotatable bonds is 8. The highest BCUT2D eigenvalue weighted by Crippen LogP contribution is 2.09. The number of aromatic nitrogens is 1. The molecule has 0 bridgehead atoms. The van der Waals surface area contributed by atoms with Crippen LogP contribution >= 0.6 is 0 Å². The Labute approximate surface area is 127 Å². The molecule has 0 unspecified atom stereocenters. The van der Waals surface area contributed by atoms with Gasteiger partial charge in [0.15, 0.2) is 0 Å². The van der Waals surface area contributed by atoms with Crippen molar-refractivity contribution < 1.29 is 4.79 Å². The fourth-order valence-corrected chi connectivity index (χ4v) is 2.44. The molecule has 118 valence electrons. The van der Waals surface area contributed by atoms with Gasteiger partial charge in [-0.05, 0) is 38.3 Å². The molecule has 0 saturated heterocycles. The molecule has 4 nitrogen and oxygen atoms in total. The van der Waals surface area contributed by atoms with Crippen molar-refractivity contribution in [2.24, 2.45) is 0 Å². The SMILES string of the molecule is CCCCC[C@H](C)NC(=O)c1cc(CCC)c(C)[nH]c1=O. The summed E-state index contributed by atoms with van der Waals surface area (Å²) < 4.78 is 0. The molecular formula is C17H28N2O2. The summed E-state index contributed by atoms with van der Waals surface area (Å²) in [6, 6.07) is 1.84. The van der Waals surface area contributed by atoms with Crippen molar-refractivity contribution in [3.05, 3.63) is 33.2 Å². The summed E-state index contributed by atoms with van der Waals surface area (Å²) >= 11 is 0. The van der Waals surface area contributed by atoms with Crippen LogP contribution in [0.3, 0.4) is 0 Å². The zero-order valence-corrected chi connectivity index (χ0v) is 13.7. The molecule has 1 atom stereocenters. The number of pyridine rings is 1. The minimum atomic E-state index is -0.300. The highest BCUT2D eigenvalue weighted by molar-refractivity contribution is 5.94. The van der Waals surface area contributed by atoms with Crippen molar-refractivity contribution in [1.82, 2.24) is 10.3 Å². The van der Waals surface area contributed by atoms with Crippen molar-refractivity contribution >= 4 is 5.91 Å². The molecule has 1 aromatic rings. The molecule has 1 aromatic heterocycles. The van der Waals surface area contributed by atoms with E-state index in [1.54, 1.807) is 6.07 Å². The molecule has 0 aliphatic carbocycles. The van der Waals surface area contributed by atoms with Gasteiger partial charge in [-0.1, -0.05) is 39.5 Å². The van der Waals surface area contributed by atoms with Crippen molar-refractivity contribution in [2.45, 2.75) is 72.3 Å². The minimum absolute atomic E-state index is 0.0966. The molecule has 0 saturated carbocycles. The van der Waals surface area contributed by atoms with Crippen LogP contribution in [0.5, 0.6) is 0 Å². The van der Waals surface area contributed by atoms with E-state index in [0.29, 0.717) is 0 Å². The fraction of sp³-hybridized carbons (Fsp3) is 0.647. The Morgan fingerprint density at radius 3 is 2.62 bits per heavy atom. The second kappa shape index (κ2) is 8.65. The van der Waals surface area contributed by atoms with Crippen LogP contribution in [-0.4, -0.2) is 16.9 Å². The fourth-order valence-electron chi connectivity index (χ4n) is 2.44. The van der Waals surface area contributed by atoms with E-state index in [1.165, 1.54) is 12.8 Å². The van der Waals surface area contributed by atoms with Crippen molar-refractivity contribution in [3.8, 4) is 0 Å². The molecule has 1 heterocycles. The molecule has 0 aliphatic rings. The van der Waals surface area contributed by atoms with Crippen LogP contribution < -0.4 is 10.9 Å². The normalized spacial score (nSPS) is 12.2. The van der Waals surface area contributed by atoms with Gasteiger partial charge in [-0.15, -0.1) is 0 Å². The van der Waals surface area contributed by atoms with E-state index in [4.69, 9.17) is 0 Å². The molecule has 4 heteroatoms. The Hall–Kier alpha value is -1.58. The third kappa shape index (κ3) is 5.37. The summed E-state index contributed by atoms with van der Waals surface area (Å²) in [6.07, 6.45) is 6.25. The maximum Gasteiger partial charge on any atom is 0.261 e. The Kier molecular flexibility index (Phi) is 7.20. The Balaban J connectivity index is 2.77. The number of hydrogen-bond acceptors (Lipinski definition) is 2. The molecule has 0 radical (unpaired) electrons. The van der Waals surface area contributed by atoms with Crippen LogP contribution in [0.2, 0.25) is 0 Å². The van der Waals surface area contributed by atoms with Gasteiger partial charge in [-0.2, -0.15) is 0 Å². The molecule has 21 heavy (non-hydrogen) atoms. The smallest absolute Gasteiger partial charge is 0.261 e. The third-order valence-corrected chi connectivity index (χ3v) is 3.73. The molecule has 1 rings (SSSR count). The number of H-pyrrole nitrogens is 1. The zero-order valence-electron chi connectivity index (χ0n) is 13.7. The van der Waals surface area contributed by atoms with Crippen LogP contribution in [0, 0.1) is 6.92 Å². The molecular weight excluding hydrogens is 264 g/mol. The lowest BCUT2D eigenvalue weighted by atomic mass is 10.1. The first-order valence-corrected chi connectivity index (χ1v) is 8.03. The lowest BCUT2D eigenvalue weighted by Crippen LogP contribution is -2.36. The summed E-state index contributed by atoms with van der Waals surface area (Å²) in [4.78, 5) is 27.0. The van der Waals surface area contributed by atoms with E-state index in [1.807, 2.05) is 13.8 Å². The van der Waals surface area contributed by atoms with Crippen LogP contribution in [0.25, 0.3) is 0 Å². The van der Waals surface area contributed by atoms with Gasteiger partial charge in [0, 0.05) is 11.7 Å². The topological polar surface area (TPSA) is 62.0 Å². The van der Waals surface area contributed by atoms with Gasteiger partial charge in [0.05, 0.1) is 0 Å². The maximum absolute atomic E-state index is 12.2. The van der Waals surface area contributed by atoms with Crippen molar-refractivity contribution in [2.75, 3.05) is 0 Å². The van der Waals surface area contributed by atoms with E-state index >= 15 is 0 Å². The minimum Gasteiger partial charge on any atom is -0.349 e. The van der Waals surface area contributed by atoms with Crippen LogP contribution in [0.15, 0.2) is 10.9 Å². The summed E-state index contributed by atoms with van der Waals surface area (Å²) in [5, 5.41) is 2.93. The highest BCUT2D eigenvalue weighted by atomic mass is 16.2. The van der Waals surface area contributed by atoms with E-state index in [2.05, 4.69) is 24.1 Å². The predicted molar refractivity (Wildman–Crippen MR) is 86.9 cm³/mol. The van der Waals surface area contributed by atoms with E-state index in [9.17, 15) is 9.59 Å². The van der Waals surface area contributed by atoms with Crippen LogP contribution in [-0.2, 0) is 6.42 Å². The standard InChI is InChI=1S/C17H28N2O2/c1-5-7-8-10-12(3)18-16(20)15-11-14(9-6-2)13(4)19-17(15)21/h11-12H,5-10H2,1-4H3,(H,18,20)(H,19,21)/t12-/m0/s1. The number of hydrogen-bond donors (Lipinski definition) is 2. The largest absolute Gasteiger partial charge is 0.349 e. The summed E-state index contributed by atoms with van der Waals surface area (Å²) in [7, 11) is 0. The number of unbranched alkanes of at least 4 members (excludes halogenated alkanes) is 2. The van der Waals surface area contributed by atoms with Gasteiger partial charge in [0.25, 0.3) is 11.5 Å². The first-order valence-electron chi connectivity index (χ1n) is 8.03. The number of aryl methyl sites for hydroxylation is 2. The van der Waals surface area contributed by atoms with Gasteiger partial charge in [0.2, 0.25) is 0 Å². The Bertz CT molecular complexity index is 520. The number of nitrogens with one attached hydrogen (secondary N) is 2. The molecule has 0 aromatic carbocycles. The quantitative estimate of drug-likeness (QED) is 0.722. The maximum atomic E-state index is 12.2. The average Bonchev–Trinajstić information content (AvgIpc) is 2.42. The molecule has 0 fully saturated rings. The average molecular weight is 292 g/mol. The lowest BCUT2D eigenvalue weighted by molar-refractivity contribution is 0.0936. The highest BCUT2D eigenvalue weighted by Gasteiger charge is 2.15. The Morgan fingerprint density at radius 2 is 2.00 bits per heavy atom. The number of amides is 1. The first-order chi connectivity index (χ1) is 9.99. The van der Waals surface area contributed by atoms with E-state index < -0.39 is 0 Å². The summed E-state index contributed by atoms with van der Waals surface area (Å²) in [5.41, 5.74) is 1.83. The van der Waals surface area contributed by atoms with Crippen molar-refractivity contribution in [1.29, 1.82) is 0 Å². The number of carbonyl (C=O) groups excluding carboxylic acids is 1. The van der Waals surface area contributed by atoms with Crippen LogP contribution in [0.1, 0.15) is 74.5 Å². The first kappa shape index (κ1) is 17.5. The molecule has 1 amide bonds. The van der Waals surface area contributed by atoms with Gasteiger partial charge in [-0.3, -0.25) is 9.59 Å². The number of carbonyl (C=O) groups is 1. The Morgan fingerprint density at radius 1 is 1.29 bits per heavy atom. The summed E-state index contributed by atoms with van der Waals surface area (Å²) in [6.45, 7) is 8.11. The van der Waals surface area contributed by atoms with E-state index in [0.717, 1.165) is 36.9 Å². The number of aromatic amines is 1. The summed E-state index contributed by atoms with van der Waals surface area (Å²) in [5.74, 6) is -0.266. The molecule has 0 spiro atoms. The second-order valence-corrected chi connectivity index (χ2v) is 5.78. The predicted octanol–water partition coefficient (Wildman–Crippen LogP) is 3.33. The monoisotopic (exact) mass is 292 g/mol. The van der Waals surface area contributed by atoms with Gasteiger partial charge >= 0.3 is 0 Å². The van der Waals surface area contributed by atoms with Crippen molar-refractivity contribution in [3.63, 3.8) is 0 Å². The van der Waals surface area contributed by atoms with Gasteiger partial charge < -0.3 is 10.3 Å². The van der Waals surface area contributed by atoms with Gasteiger partial charge in [0.1, 0.15) is 5.56 Å². The van der Waals surface area contributed by atoms with E-state index in [-0.39, 0.29) is 23.1 Å². The van der Waals surface area contributed by atoms with Crippen LogP contribution in [0.4, 0.5) is 0 Å². The second-order valence-electron chi connectivity index (χ2n) is 5.78.